The van der Waals surface area contributed by atoms with Gasteiger partial charge in [-0.1, -0.05) is 0 Å². The molecule has 0 bridgehead atoms. The number of carbonyl (C=O) groups is 1. The molecule has 1 saturated heterocycles. The molecule has 2 rings (SSSR count). The lowest BCUT2D eigenvalue weighted by molar-refractivity contribution is -0.144. The third-order valence-electron chi connectivity index (χ3n) is 3.52. The summed E-state index contributed by atoms with van der Waals surface area (Å²) >= 11 is 0. The Labute approximate surface area is 126 Å². The fraction of sp³-hybridized carbons (Fsp3) is 0.667. The molecule has 6 heteroatoms. The Hall–Kier alpha value is -1.69. The van der Waals surface area contributed by atoms with E-state index in [0.717, 1.165) is 49.9 Å². The van der Waals surface area contributed by atoms with E-state index in [1.807, 2.05) is 26.8 Å². The van der Waals surface area contributed by atoms with Crippen LogP contribution in [0.4, 0.5) is 5.82 Å². The number of nitrogens with zero attached hydrogens (tertiary/aromatic N) is 4. The summed E-state index contributed by atoms with van der Waals surface area (Å²) < 4.78 is 5.01. The van der Waals surface area contributed by atoms with Crippen LogP contribution in [-0.2, 0) is 9.53 Å². The zero-order valence-corrected chi connectivity index (χ0v) is 13.1. The molecule has 6 nitrogen and oxygen atoms in total. The molecule has 0 radical (unpaired) electrons. The van der Waals surface area contributed by atoms with E-state index >= 15 is 0 Å². The SMILES string of the molecule is CCOC(=O)CN1CCCN(c2cc(C)nc(C)n2)CC1. The summed E-state index contributed by atoms with van der Waals surface area (Å²) in [6.45, 7) is 10.2. The van der Waals surface area contributed by atoms with E-state index in [1.165, 1.54) is 0 Å². The van der Waals surface area contributed by atoms with Gasteiger partial charge in [0, 0.05) is 37.9 Å². The Morgan fingerprint density at radius 2 is 2.05 bits per heavy atom. The van der Waals surface area contributed by atoms with Crippen LogP contribution >= 0.6 is 0 Å². The summed E-state index contributed by atoms with van der Waals surface area (Å²) in [7, 11) is 0. The number of hydrogen-bond donors (Lipinski definition) is 0. The molecule has 1 aromatic heterocycles. The Bertz CT molecular complexity index is 472. The number of ether oxygens (including phenoxy) is 1. The van der Waals surface area contributed by atoms with Crippen LogP contribution in [0.3, 0.4) is 0 Å². The van der Waals surface area contributed by atoms with E-state index in [0.29, 0.717) is 13.2 Å². The van der Waals surface area contributed by atoms with Gasteiger partial charge in [-0.2, -0.15) is 0 Å². The first-order valence-corrected chi connectivity index (χ1v) is 7.53. The van der Waals surface area contributed by atoms with Gasteiger partial charge in [-0.05, 0) is 27.2 Å². The van der Waals surface area contributed by atoms with Gasteiger partial charge in [0.05, 0.1) is 13.2 Å². The number of esters is 1. The first kappa shape index (κ1) is 15.7. The van der Waals surface area contributed by atoms with Crippen molar-refractivity contribution in [3.8, 4) is 0 Å². The largest absolute Gasteiger partial charge is 0.465 e. The van der Waals surface area contributed by atoms with Crippen LogP contribution < -0.4 is 4.90 Å². The summed E-state index contributed by atoms with van der Waals surface area (Å²) in [5, 5.41) is 0. The molecule has 0 atom stereocenters. The van der Waals surface area contributed by atoms with Crippen molar-refractivity contribution in [1.29, 1.82) is 0 Å². The second-order valence-electron chi connectivity index (χ2n) is 5.34. The predicted molar refractivity (Wildman–Crippen MR) is 81.4 cm³/mol. The van der Waals surface area contributed by atoms with Gasteiger partial charge in [-0.3, -0.25) is 9.69 Å². The van der Waals surface area contributed by atoms with Gasteiger partial charge in [0.2, 0.25) is 0 Å². The van der Waals surface area contributed by atoms with E-state index in [2.05, 4.69) is 19.8 Å². The van der Waals surface area contributed by atoms with Crippen molar-refractivity contribution < 1.29 is 9.53 Å². The monoisotopic (exact) mass is 292 g/mol. The van der Waals surface area contributed by atoms with Crippen molar-refractivity contribution in [2.24, 2.45) is 0 Å². The molecular weight excluding hydrogens is 268 g/mol. The molecule has 0 N–H and O–H groups in total. The third-order valence-corrected chi connectivity index (χ3v) is 3.52. The lowest BCUT2D eigenvalue weighted by Gasteiger charge is -2.22. The summed E-state index contributed by atoms with van der Waals surface area (Å²) in [6, 6.07) is 2.02. The maximum Gasteiger partial charge on any atom is 0.320 e. The van der Waals surface area contributed by atoms with E-state index < -0.39 is 0 Å². The summed E-state index contributed by atoms with van der Waals surface area (Å²) in [6.07, 6.45) is 1.02. The van der Waals surface area contributed by atoms with E-state index in [1.54, 1.807) is 0 Å². The Morgan fingerprint density at radius 3 is 2.76 bits per heavy atom. The minimum Gasteiger partial charge on any atom is -0.465 e. The molecule has 1 aliphatic heterocycles. The Kier molecular flexibility index (Phi) is 5.50. The number of rotatable bonds is 4. The molecule has 0 spiro atoms. The molecule has 116 valence electrons. The maximum atomic E-state index is 11.6. The molecule has 1 aromatic rings. The van der Waals surface area contributed by atoms with Crippen molar-refractivity contribution in [2.45, 2.75) is 27.2 Å². The third kappa shape index (κ3) is 4.67. The molecular formula is C15H24N4O2. The Morgan fingerprint density at radius 1 is 1.24 bits per heavy atom. The fourth-order valence-electron chi connectivity index (χ4n) is 2.61. The van der Waals surface area contributed by atoms with Crippen LogP contribution in [0.25, 0.3) is 0 Å². The lowest BCUT2D eigenvalue weighted by atomic mass is 10.3. The van der Waals surface area contributed by atoms with Crippen LogP contribution in [-0.4, -0.2) is 60.2 Å². The van der Waals surface area contributed by atoms with Gasteiger partial charge >= 0.3 is 5.97 Å². The van der Waals surface area contributed by atoms with E-state index in [4.69, 9.17) is 4.74 Å². The van der Waals surface area contributed by atoms with Gasteiger partial charge in [0.1, 0.15) is 11.6 Å². The topological polar surface area (TPSA) is 58.6 Å². The molecule has 1 fully saturated rings. The van der Waals surface area contributed by atoms with E-state index in [-0.39, 0.29) is 5.97 Å². The number of anilines is 1. The first-order valence-electron chi connectivity index (χ1n) is 7.53. The zero-order chi connectivity index (χ0) is 15.2. The number of carbonyl (C=O) groups excluding carboxylic acids is 1. The first-order chi connectivity index (χ1) is 10.1. The Balaban J connectivity index is 1.95. The summed E-state index contributed by atoms with van der Waals surface area (Å²) in [5.41, 5.74) is 0.991. The normalized spacial score (nSPS) is 16.6. The van der Waals surface area contributed by atoms with Gasteiger partial charge in [-0.15, -0.1) is 0 Å². The average Bonchev–Trinajstić information content (AvgIpc) is 2.63. The highest BCUT2D eigenvalue weighted by atomic mass is 16.5. The number of aryl methyl sites for hydroxylation is 2. The summed E-state index contributed by atoms with van der Waals surface area (Å²) in [5.74, 6) is 1.65. The second kappa shape index (κ2) is 7.36. The lowest BCUT2D eigenvalue weighted by Crippen LogP contribution is -2.35. The molecule has 21 heavy (non-hydrogen) atoms. The molecule has 0 aliphatic carbocycles. The van der Waals surface area contributed by atoms with Gasteiger partial charge in [0.15, 0.2) is 0 Å². The molecule has 0 aromatic carbocycles. The minimum absolute atomic E-state index is 0.139. The van der Waals surface area contributed by atoms with Crippen molar-refractivity contribution in [3.05, 3.63) is 17.6 Å². The average molecular weight is 292 g/mol. The highest BCUT2D eigenvalue weighted by Crippen LogP contribution is 2.15. The quantitative estimate of drug-likeness (QED) is 0.776. The van der Waals surface area contributed by atoms with Crippen molar-refractivity contribution in [2.75, 3.05) is 44.2 Å². The van der Waals surface area contributed by atoms with Crippen molar-refractivity contribution in [3.63, 3.8) is 0 Å². The van der Waals surface area contributed by atoms with Crippen molar-refractivity contribution >= 4 is 11.8 Å². The molecule has 2 heterocycles. The molecule has 0 saturated carbocycles. The fourth-order valence-corrected chi connectivity index (χ4v) is 2.61. The van der Waals surface area contributed by atoms with Gasteiger partial charge in [-0.25, -0.2) is 9.97 Å². The van der Waals surface area contributed by atoms with Crippen LogP contribution in [0.5, 0.6) is 0 Å². The van der Waals surface area contributed by atoms with Gasteiger partial charge < -0.3 is 9.64 Å². The standard InChI is InChI=1S/C15H24N4O2/c1-4-21-15(20)11-18-6-5-7-19(9-8-18)14-10-12(2)16-13(3)17-14/h10H,4-9,11H2,1-3H3. The highest BCUT2D eigenvalue weighted by Gasteiger charge is 2.18. The van der Waals surface area contributed by atoms with Crippen LogP contribution in [0.2, 0.25) is 0 Å². The number of aromatic nitrogens is 2. The van der Waals surface area contributed by atoms with Crippen LogP contribution in [0.1, 0.15) is 24.9 Å². The van der Waals surface area contributed by atoms with Gasteiger partial charge in [0.25, 0.3) is 0 Å². The van der Waals surface area contributed by atoms with Crippen LogP contribution in [0.15, 0.2) is 6.07 Å². The van der Waals surface area contributed by atoms with E-state index in [9.17, 15) is 4.79 Å². The maximum absolute atomic E-state index is 11.6. The zero-order valence-electron chi connectivity index (χ0n) is 13.1. The van der Waals surface area contributed by atoms with Crippen LogP contribution in [0, 0.1) is 13.8 Å². The molecule has 1 aliphatic rings. The second-order valence-corrected chi connectivity index (χ2v) is 5.34. The smallest absolute Gasteiger partial charge is 0.320 e. The highest BCUT2D eigenvalue weighted by molar-refractivity contribution is 5.71. The minimum atomic E-state index is -0.139. The van der Waals surface area contributed by atoms with Crippen molar-refractivity contribution in [1.82, 2.24) is 14.9 Å². The number of hydrogen-bond acceptors (Lipinski definition) is 6. The molecule has 0 amide bonds. The summed E-state index contributed by atoms with van der Waals surface area (Å²) in [4.78, 5) is 24.8. The molecule has 0 unspecified atom stereocenters. The predicted octanol–water partition coefficient (Wildman–Crippen LogP) is 1.17.